The van der Waals surface area contributed by atoms with Crippen LogP contribution in [0.2, 0.25) is 5.02 Å². The van der Waals surface area contributed by atoms with Gasteiger partial charge in [-0.3, -0.25) is 9.67 Å². The molecule has 1 atom stereocenters. The number of rotatable bonds is 4. The number of benzene rings is 1. The molecule has 0 amide bonds. The van der Waals surface area contributed by atoms with Gasteiger partial charge in [-0.05, 0) is 30.2 Å². The molecule has 0 aliphatic carbocycles. The number of aromatic nitrogens is 3. The zero-order valence-corrected chi connectivity index (χ0v) is 12.5. The molecule has 3 rings (SSSR count). The summed E-state index contributed by atoms with van der Waals surface area (Å²) in [6.07, 6.45) is 3.47. The van der Waals surface area contributed by atoms with Crippen LogP contribution in [-0.2, 0) is 6.54 Å². The van der Waals surface area contributed by atoms with E-state index >= 15 is 0 Å². The molecule has 108 valence electrons. The monoisotopic (exact) mass is 301 g/mol. The van der Waals surface area contributed by atoms with Crippen molar-refractivity contribution in [2.75, 3.05) is 0 Å². The number of fused-ring (bicyclic) bond motifs is 1. The van der Waals surface area contributed by atoms with E-state index in [0.717, 1.165) is 29.4 Å². The van der Waals surface area contributed by atoms with Crippen molar-refractivity contribution < 1.29 is 5.11 Å². The Hall–Kier alpha value is -1.91. The number of hydrogen-bond donors (Lipinski definition) is 1. The van der Waals surface area contributed by atoms with E-state index < -0.39 is 6.10 Å². The predicted octanol–water partition coefficient (Wildman–Crippen LogP) is 3.58. The van der Waals surface area contributed by atoms with Crippen molar-refractivity contribution in [1.82, 2.24) is 14.8 Å². The molecule has 2 aromatic heterocycles. The molecule has 5 heteroatoms. The first-order valence-corrected chi connectivity index (χ1v) is 7.32. The predicted molar refractivity (Wildman–Crippen MR) is 83.3 cm³/mol. The molecule has 0 fully saturated rings. The number of aliphatic hydroxyl groups excluding tert-OH is 1. The highest BCUT2D eigenvalue weighted by Crippen LogP contribution is 2.29. The zero-order chi connectivity index (χ0) is 14.8. The molecule has 1 aromatic carbocycles. The van der Waals surface area contributed by atoms with Crippen molar-refractivity contribution in [3.63, 3.8) is 0 Å². The highest BCUT2D eigenvalue weighted by molar-refractivity contribution is 6.31. The van der Waals surface area contributed by atoms with E-state index in [-0.39, 0.29) is 0 Å². The minimum Gasteiger partial charge on any atom is -0.382 e. The Kier molecular flexibility index (Phi) is 3.90. The summed E-state index contributed by atoms with van der Waals surface area (Å²) in [6, 6.07) is 9.57. The Balaban J connectivity index is 2.03. The summed E-state index contributed by atoms with van der Waals surface area (Å²) < 4.78 is 1.76. The molecule has 0 radical (unpaired) electrons. The first-order valence-electron chi connectivity index (χ1n) is 6.94. The van der Waals surface area contributed by atoms with E-state index in [4.69, 9.17) is 11.6 Å². The molecular formula is C16H16ClN3O. The van der Waals surface area contributed by atoms with Crippen LogP contribution in [0, 0.1) is 0 Å². The topological polar surface area (TPSA) is 50.9 Å². The number of nitrogens with zero attached hydrogens (tertiary/aromatic N) is 3. The molecule has 0 bridgehead atoms. The highest BCUT2D eigenvalue weighted by atomic mass is 35.5. The lowest BCUT2D eigenvalue weighted by Gasteiger charge is -2.14. The van der Waals surface area contributed by atoms with Crippen molar-refractivity contribution in [2.45, 2.75) is 26.0 Å². The highest BCUT2D eigenvalue weighted by Gasteiger charge is 2.19. The maximum absolute atomic E-state index is 10.7. The Morgan fingerprint density at radius 3 is 3.00 bits per heavy atom. The third kappa shape index (κ3) is 2.64. The molecular weight excluding hydrogens is 286 g/mol. The quantitative estimate of drug-likeness (QED) is 0.801. The smallest absolute Gasteiger partial charge is 0.122 e. The molecule has 0 saturated heterocycles. The fraction of sp³-hybridized carbons (Fsp3) is 0.250. The van der Waals surface area contributed by atoms with Gasteiger partial charge in [0.15, 0.2) is 0 Å². The second-order valence-electron chi connectivity index (χ2n) is 4.96. The number of halogens is 1. The molecule has 0 aliphatic rings. The first-order chi connectivity index (χ1) is 10.2. The molecule has 3 aromatic rings. The lowest BCUT2D eigenvalue weighted by molar-refractivity contribution is 0.207. The van der Waals surface area contributed by atoms with E-state index in [2.05, 4.69) is 17.0 Å². The first kappa shape index (κ1) is 14.0. The van der Waals surface area contributed by atoms with E-state index in [1.54, 1.807) is 17.1 Å². The number of hydrogen-bond acceptors (Lipinski definition) is 3. The van der Waals surface area contributed by atoms with Crippen LogP contribution in [0.15, 0.2) is 42.7 Å². The van der Waals surface area contributed by atoms with E-state index in [0.29, 0.717) is 10.7 Å². The molecule has 21 heavy (non-hydrogen) atoms. The van der Waals surface area contributed by atoms with Gasteiger partial charge in [0, 0.05) is 18.1 Å². The SMILES string of the molecule is CCCn1ncc(Cl)c1C(O)c1ccc2ncccc2c1. The molecule has 1 N–H and O–H groups in total. The van der Waals surface area contributed by atoms with Crippen LogP contribution in [0.3, 0.4) is 0 Å². The van der Waals surface area contributed by atoms with Crippen LogP contribution >= 0.6 is 11.6 Å². The number of aryl methyl sites for hydroxylation is 1. The maximum atomic E-state index is 10.7. The average Bonchev–Trinajstić information content (AvgIpc) is 2.87. The second kappa shape index (κ2) is 5.84. The molecule has 0 aliphatic heterocycles. The average molecular weight is 302 g/mol. The maximum Gasteiger partial charge on any atom is 0.122 e. The normalized spacial score (nSPS) is 12.7. The Labute approximate surface area is 128 Å². The van der Waals surface area contributed by atoms with Crippen molar-refractivity contribution in [3.05, 3.63) is 59.0 Å². The lowest BCUT2D eigenvalue weighted by atomic mass is 10.0. The van der Waals surface area contributed by atoms with Crippen molar-refractivity contribution in [2.24, 2.45) is 0 Å². The van der Waals surface area contributed by atoms with Crippen LogP contribution in [0.25, 0.3) is 10.9 Å². The molecule has 2 heterocycles. The summed E-state index contributed by atoms with van der Waals surface area (Å²) >= 11 is 6.19. The van der Waals surface area contributed by atoms with Crippen LogP contribution < -0.4 is 0 Å². The van der Waals surface area contributed by atoms with Gasteiger partial charge in [0.05, 0.1) is 22.4 Å². The van der Waals surface area contributed by atoms with Gasteiger partial charge in [-0.2, -0.15) is 5.10 Å². The largest absolute Gasteiger partial charge is 0.382 e. The van der Waals surface area contributed by atoms with Crippen molar-refractivity contribution >= 4 is 22.5 Å². The molecule has 0 spiro atoms. The zero-order valence-electron chi connectivity index (χ0n) is 11.7. The lowest BCUT2D eigenvalue weighted by Crippen LogP contribution is -2.10. The fourth-order valence-corrected chi connectivity index (χ4v) is 2.70. The standard InChI is InChI=1S/C16H16ClN3O/c1-2-8-20-15(13(17)10-19-20)16(21)12-5-6-14-11(9-12)4-3-7-18-14/h3-7,9-10,16,21H,2,8H2,1H3. The van der Waals surface area contributed by atoms with E-state index in [1.807, 2.05) is 30.3 Å². The molecule has 0 saturated carbocycles. The van der Waals surface area contributed by atoms with Crippen LogP contribution in [0.5, 0.6) is 0 Å². The number of aliphatic hydroxyl groups is 1. The second-order valence-corrected chi connectivity index (χ2v) is 5.37. The summed E-state index contributed by atoms with van der Waals surface area (Å²) in [6.45, 7) is 2.79. The minimum atomic E-state index is -0.795. The van der Waals surface area contributed by atoms with E-state index in [1.165, 1.54) is 0 Å². The van der Waals surface area contributed by atoms with Crippen LogP contribution in [0.1, 0.15) is 30.7 Å². The summed E-state index contributed by atoms with van der Waals surface area (Å²) in [4.78, 5) is 4.28. The van der Waals surface area contributed by atoms with Gasteiger partial charge in [-0.1, -0.05) is 30.7 Å². The third-order valence-corrected chi connectivity index (χ3v) is 3.76. The van der Waals surface area contributed by atoms with Gasteiger partial charge < -0.3 is 5.11 Å². The van der Waals surface area contributed by atoms with E-state index in [9.17, 15) is 5.11 Å². The van der Waals surface area contributed by atoms with Crippen LogP contribution in [0.4, 0.5) is 0 Å². The molecule has 1 unspecified atom stereocenters. The van der Waals surface area contributed by atoms with Crippen LogP contribution in [-0.4, -0.2) is 19.9 Å². The van der Waals surface area contributed by atoms with Crippen molar-refractivity contribution in [1.29, 1.82) is 0 Å². The minimum absolute atomic E-state index is 0.488. The van der Waals surface area contributed by atoms with Gasteiger partial charge in [-0.25, -0.2) is 0 Å². The summed E-state index contributed by atoms with van der Waals surface area (Å²) in [5.41, 5.74) is 2.33. The summed E-state index contributed by atoms with van der Waals surface area (Å²) in [7, 11) is 0. The van der Waals surface area contributed by atoms with Gasteiger partial charge >= 0.3 is 0 Å². The summed E-state index contributed by atoms with van der Waals surface area (Å²) in [5.74, 6) is 0. The summed E-state index contributed by atoms with van der Waals surface area (Å²) in [5, 5.41) is 16.4. The third-order valence-electron chi connectivity index (χ3n) is 3.47. The van der Waals surface area contributed by atoms with Gasteiger partial charge in [0.25, 0.3) is 0 Å². The Morgan fingerprint density at radius 1 is 1.33 bits per heavy atom. The fourth-order valence-electron chi connectivity index (χ4n) is 2.46. The Morgan fingerprint density at radius 2 is 2.19 bits per heavy atom. The van der Waals surface area contributed by atoms with Crippen molar-refractivity contribution in [3.8, 4) is 0 Å². The van der Waals surface area contributed by atoms with Gasteiger partial charge in [0.1, 0.15) is 6.10 Å². The number of pyridine rings is 1. The van der Waals surface area contributed by atoms with Gasteiger partial charge in [0.2, 0.25) is 0 Å². The molecule has 4 nitrogen and oxygen atoms in total. The van der Waals surface area contributed by atoms with Gasteiger partial charge in [-0.15, -0.1) is 0 Å². The Bertz CT molecular complexity index is 769.